The zero-order valence-corrected chi connectivity index (χ0v) is 16.4. The smallest absolute Gasteiger partial charge is 0.277 e. The quantitative estimate of drug-likeness (QED) is 0.615. The Morgan fingerprint density at radius 2 is 2.04 bits per heavy atom. The van der Waals surface area contributed by atoms with Gasteiger partial charge < -0.3 is 24.5 Å². The molecule has 1 heterocycles. The largest absolute Gasteiger partial charge is 0.497 e. The van der Waals surface area contributed by atoms with E-state index in [-0.39, 0.29) is 28.7 Å². The molecule has 0 aliphatic heterocycles. The molecule has 9 nitrogen and oxygen atoms in total. The third-order valence-corrected chi connectivity index (χ3v) is 4.31. The predicted molar refractivity (Wildman–Crippen MR) is 99.9 cm³/mol. The summed E-state index contributed by atoms with van der Waals surface area (Å²) in [6, 6.07) is 4.60. The Hall–Kier alpha value is -2.75. The maximum absolute atomic E-state index is 11.9. The predicted octanol–water partition coefficient (Wildman–Crippen LogP) is 1.49. The molecule has 0 unspecified atom stereocenters. The Balaban J connectivity index is 1.96. The number of rotatable bonds is 9. The van der Waals surface area contributed by atoms with Crippen molar-refractivity contribution >= 4 is 23.6 Å². The lowest BCUT2D eigenvalue weighted by atomic mass is 10.2. The number of nitrogens with zero attached hydrogens (tertiary/aromatic N) is 2. The average molecular weight is 394 g/mol. The fourth-order valence-electron chi connectivity index (χ4n) is 2.16. The van der Waals surface area contributed by atoms with Gasteiger partial charge in [-0.2, -0.15) is 0 Å². The summed E-state index contributed by atoms with van der Waals surface area (Å²) in [5.41, 5.74) is 0.618. The van der Waals surface area contributed by atoms with Crippen LogP contribution in [0, 0.1) is 0 Å². The van der Waals surface area contributed by atoms with Crippen LogP contribution in [-0.4, -0.2) is 54.6 Å². The molecule has 2 aromatic rings. The van der Waals surface area contributed by atoms with E-state index in [0.717, 1.165) is 11.8 Å². The van der Waals surface area contributed by atoms with E-state index in [1.54, 1.807) is 32.2 Å². The molecule has 0 bridgehead atoms. The van der Waals surface area contributed by atoms with Crippen LogP contribution < -0.4 is 20.1 Å². The van der Waals surface area contributed by atoms with Gasteiger partial charge >= 0.3 is 0 Å². The molecular weight excluding hydrogens is 372 g/mol. The van der Waals surface area contributed by atoms with E-state index in [1.807, 2.05) is 6.92 Å². The molecule has 2 rings (SSSR count). The van der Waals surface area contributed by atoms with Crippen molar-refractivity contribution in [2.45, 2.75) is 25.1 Å². The number of hydrogen-bond acceptors (Lipinski definition) is 8. The first-order valence-electron chi connectivity index (χ1n) is 8.24. The molecule has 0 aliphatic carbocycles. The number of hydrogen-bond donors (Lipinski definition) is 2. The third-order valence-electron chi connectivity index (χ3n) is 3.49. The normalized spacial score (nSPS) is 11.6. The van der Waals surface area contributed by atoms with Crippen LogP contribution in [0.2, 0.25) is 0 Å². The molecule has 0 saturated carbocycles. The van der Waals surface area contributed by atoms with E-state index >= 15 is 0 Å². The van der Waals surface area contributed by atoms with Crippen molar-refractivity contribution in [3.63, 3.8) is 0 Å². The molecule has 0 radical (unpaired) electrons. The number of carbonyl (C=O) groups is 2. The molecule has 1 aromatic carbocycles. The summed E-state index contributed by atoms with van der Waals surface area (Å²) in [4.78, 5) is 23.6. The van der Waals surface area contributed by atoms with Crippen molar-refractivity contribution < 1.29 is 23.5 Å². The lowest BCUT2D eigenvalue weighted by Crippen LogP contribution is -2.45. The third kappa shape index (κ3) is 5.61. The molecule has 0 spiro atoms. The fourth-order valence-corrected chi connectivity index (χ4v) is 2.73. The number of benzene rings is 1. The molecule has 2 amide bonds. The van der Waals surface area contributed by atoms with Gasteiger partial charge in [0.1, 0.15) is 17.5 Å². The van der Waals surface area contributed by atoms with Gasteiger partial charge in [-0.25, -0.2) is 0 Å². The standard InChI is InChI=1S/C17H22N4O5S/c1-5-18-15(23)10(2)19-14(22)9-27-17-21-20-16(26-17)12-7-6-11(24-3)8-13(12)25-4/h6-8,10H,5,9H2,1-4H3,(H,18,23)(H,19,22)/t10-/m1/s1. The summed E-state index contributed by atoms with van der Waals surface area (Å²) >= 11 is 1.08. The second-order valence-corrected chi connectivity index (χ2v) is 6.34. The van der Waals surface area contributed by atoms with E-state index in [1.165, 1.54) is 7.11 Å². The summed E-state index contributed by atoms with van der Waals surface area (Å²) in [5, 5.41) is 13.4. The van der Waals surface area contributed by atoms with E-state index in [4.69, 9.17) is 13.9 Å². The maximum Gasteiger partial charge on any atom is 0.277 e. The van der Waals surface area contributed by atoms with E-state index in [9.17, 15) is 9.59 Å². The minimum absolute atomic E-state index is 0.0468. The highest BCUT2D eigenvalue weighted by atomic mass is 32.2. The monoisotopic (exact) mass is 394 g/mol. The zero-order chi connectivity index (χ0) is 19.8. The molecule has 10 heteroatoms. The van der Waals surface area contributed by atoms with Crippen LogP contribution >= 0.6 is 11.8 Å². The number of nitrogens with one attached hydrogen (secondary N) is 2. The second-order valence-electron chi connectivity index (χ2n) is 5.41. The van der Waals surface area contributed by atoms with Crippen LogP contribution in [0.25, 0.3) is 11.5 Å². The molecule has 1 aromatic heterocycles. The van der Waals surface area contributed by atoms with Crippen LogP contribution in [0.5, 0.6) is 11.5 Å². The van der Waals surface area contributed by atoms with Gasteiger partial charge in [-0.3, -0.25) is 9.59 Å². The lowest BCUT2D eigenvalue weighted by Gasteiger charge is -2.12. The summed E-state index contributed by atoms with van der Waals surface area (Å²) in [5.74, 6) is 0.951. The highest BCUT2D eigenvalue weighted by molar-refractivity contribution is 7.99. The van der Waals surface area contributed by atoms with Crippen molar-refractivity contribution in [3.8, 4) is 23.0 Å². The van der Waals surface area contributed by atoms with Crippen molar-refractivity contribution in [2.75, 3.05) is 26.5 Å². The molecular formula is C17H22N4O5S. The number of aromatic nitrogens is 2. The van der Waals surface area contributed by atoms with Gasteiger partial charge in [0, 0.05) is 12.6 Å². The Bertz CT molecular complexity index is 795. The van der Waals surface area contributed by atoms with Crippen molar-refractivity contribution in [3.05, 3.63) is 18.2 Å². The van der Waals surface area contributed by atoms with Gasteiger partial charge in [0.2, 0.25) is 11.8 Å². The van der Waals surface area contributed by atoms with Gasteiger partial charge in [-0.15, -0.1) is 10.2 Å². The van der Waals surface area contributed by atoms with Gasteiger partial charge in [0.05, 0.1) is 25.5 Å². The van der Waals surface area contributed by atoms with Gasteiger partial charge in [0.15, 0.2) is 0 Å². The fraction of sp³-hybridized carbons (Fsp3) is 0.412. The second kappa shape index (κ2) is 9.81. The Kier molecular flexibility index (Phi) is 7.47. The first-order chi connectivity index (χ1) is 13.0. The molecule has 2 N–H and O–H groups in total. The number of methoxy groups -OCH3 is 2. The number of thioether (sulfide) groups is 1. The van der Waals surface area contributed by atoms with Crippen molar-refractivity contribution in [2.24, 2.45) is 0 Å². The van der Waals surface area contributed by atoms with E-state index in [2.05, 4.69) is 20.8 Å². The summed E-state index contributed by atoms with van der Waals surface area (Å²) in [7, 11) is 3.10. The summed E-state index contributed by atoms with van der Waals surface area (Å²) in [6.45, 7) is 3.94. The molecule has 0 saturated heterocycles. The first-order valence-corrected chi connectivity index (χ1v) is 9.22. The van der Waals surface area contributed by atoms with Crippen molar-refractivity contribution in [1.29, 1.82) is 0 Å². The van der Waals surface area contributed by atoms with Crippen LogP contribution in [0.4, 0.5) is 0 Å². The Labute approximate surface area is 161 Å². The Morgan fingerprint density at radius 1 is 1.26 bits per heavy atom. The highest BCUT2D eigenvalue weighted by Crippen LogP contribution is 2.33. The molecule has 1 atom stereocenters. The molecule has 0 fully saturated rings. The van der Waals surface area contributed by atoms with Crippen molar-refractivity contribution in [1.82, 2.24) is 20.8 Å². The zero-order valence-electron chi connectivity index (χ0n) is 15.6. The number of amides is 2. The van der Waals surface area contributed by atoms with Gasteiger partial charge in [-0.1, -0.05) is 11.8 Å². The lowest BCUT2D eigenvalue weighted by molar-refractivity contribution is -0.127. The van der Waals surface area contributed by atoms with Crippen LogP contribution in [-0.2, 0) is 9.59 Å². The SMILES string of the molecule is CCNC(=O)[C@@H](C)NC(=O)CSc1nnc(-c2ccc(OC)cc2OC)o1. The summed E-state index contributed by atoms with van der Waals surface area (Å²) in [6.07, 6.45) is 0. The van der Waals surface area contributed by atoms with Crippen LogP contribution in [0.1, 0.15) is 13.8 Å². The number of carbonyl (C=O) groups excluding carboxylic acids is 2. The topological polar surface area (TPSA) is 116 Å². The molecule has 146 valence electrons. The van der Waals surface area contributed by atoms with Gasteiger partial charge in [-0.05, 0) is 26.0 Å². The first kappa shape index (κ1) is 20.6. The maximum atomic E-state index is 11.9. The summed E-state index contributed by atoms with van der Waals surface area (Å²) < 4.78 is 16.1. The van der Waals surface area contributed by atoms with E-state index < -0.39 is 6.04 Å². The minimum Gasteiger partial charge on any atom is -0.497 e. The minimum atomic E-state index is -0.611. The van der Waals surface area contributed by atoms with E-state index in [0.29, 0.717) is 23.6 Å². The number of ether oxygens (including phenoxy) is 2. The molecule has 27 heavy (non-hydrogen) atoms. The highest BCUT2D eigenvalue weighted by Gasteiger charge is 2.18. The number of likely N-dealkylation sites (N-methyl/N-ethyl adjacent to an activating group) is 1. The average Bonchev–Trinajstić information content (AvgIpc) is 3.14. The molecule has 0 aliphatic rings. The van der Waals surface area contributed by atoms with Crippen LogP contribution in [0.15, 0.2) is 27.8 Å². The van der Waals surface area contributed by atoms with Crippen LogP contribution in [0.3, 0.4) is 0 Å². The van der Waals surface area contributed by atoms with Gasteiger partial charge in [0.25, 0.3) is 11.1 Å². The Morgan fingerprint density at radius 3 is 2.70 bits per heavy atom.